The molecule has 4 aromatic rings. The van der Waals surface area contributed by atoms with E-state index in [-0.39, 0.29) is 12.5 Å². The highest BCUT2D eigenvalue weighted by Gasteiger charge is 2.24. The van der Waals surface area contributed by atoms with Gasteiger partial charge in [-0.25, -0.2) is 4.39 Å². The van der Waals surface area contributed by atoms with Crippen LogP contribution < -0.4 is 4.74 Å². The Kier molecular flexibility index (Phi) is 6.82. The smallest absolute Gasteiger partial charge is 0.246 e. The Hall–Kier alpha value is -4.31. The van der Waals surface area contributed by atoms with Crippen LogP contribution in [0, 0.1) is 5.82 Å². The summed E-state index contributed by atoms with van der Waals surface area (Å²) in [6.45, 7) is 5.78. The number of ether oxygens (including phenoxy) is 2. The molecule has 0 saturated heterocycles. The van der Waals surface area contributed by atoms with Crippen LogP contribution in [0.2, 0.25) is 0 Å². The van der Waals surface area contributed by atoms with E-state index in [1.165, 1.54) is 18.2 Å². The summed E-state index contributed by atoms with van der Waals surface area (Å²) in [6.07, 6.45) is 6.77. The van der Waals surface area contributed by atoms with Crippen molar-refractivity contribution in [2.24, 2.45) is 7.05 Å². The van der Waals surface area contributed by atoms with Crippen molar-refractivity contribution in [3.63, 3.8) is 0 Å². The van der Waals surface area contributed by atoms with Gasteiger partial charge in [-0.2, -0.15) is 10.2 Å². The Morgan fingerprint density at radius 2 is 2.00 bits per heavy atom. The average Bonchev–Trinajstić information content (AvgIpc) is 3.54. The monoisotopic (exact) mass is 502 g/mol. The quantitative estimate of drug-likeness (QED) is 0.270. The molecule has 0 unspecified atom stereocenters. The maximum Gasteiger partial charge on any atom is 0.246 e. The van der Waals surface area contributed by atoms with Crippen LogP contribution >= 0.6 is 0 Å². The summed E-state index contributed by atoms with van der Waals surface area (Å²) in [4.78, 5) is 18.7. The van der Waals surface area contributed by atoms with Crippen LogP contribution in [-0.4, -0.2) is 62.2 Å². The third-order valence-electron chi connectivity index (χ3n) is 6.23. The molecular weight excluding hydrogens is 475 g/mol. The zero-order valence-electron chi connectivity index (χ0n) is 20.7. The molecule has 0 fully saturated rings. The van der Waals surface area contributed by atoms with Gasteiger partial charge in [0, 0.05) is 61.4 Å². The Balaban J connectivity index is 1.62. The number of aromatic nitrogens is 5. The largest absolute Gasteiger partial charge is 0.490 e. The zero-order chi connectivity index (χ0) is 25.9. The fraction of sp³-hybridized carbons (Fsp3) is 0.259. The van der Waals surface area contributed by atoms with Gasteiger partial charge in [-0.1, -0.05) is 6.58 Å². The number of aryl methyl sites for hydroxylation is 1. The Morgan fingerprint density at radius 3 is 2.76 bits per heavy atom. The molecule has 9 nitrogen and oxygen atoms in total. The molecule has 0 spiro atoms. The molecule has 0 aliphatic carbocycles. The lowest BCUT2D eigenvalue weighted by Crippen LogP contribution is -2.37. The van der Waals surface area contributed by atoms with E-state index in [9.17, 15) is 9.18 Å². The second-order valence-electron chi connectivity index (χ2n) is 8.71. The molecule has 0 N–H and O–H groups in total. The number of carbonyl (C=O) groups excluding carboxylic acids is 1. The molecule has 5 rings (SSSR count). The fourth-order valence-electron chi connectivity index (χ4n) is 4.36. The summed E-state index contributed by atoms with van der Waals surface area (Å²) in [5.41, 5.74) is 5.38. The molecular formula is C27H27FN6O3. The normalized spacial score (nSPS) is 12.9. The van der Waals surface area contributed by atoms with Crippen molar-refractivity contribution in [2.45, 2.75) is 13.1 Å². The highest BCUT2D eigenvalue weighted by Crippen LogP contribution is 2.38. The minimum absolute atomic E-state index is 0.112. The van der Waals surface area contributed by atoms with Crippen LogP contribution in [0.3, 0.4) is 0 Å². The maximum absolute atomic E-state index is 14.2. The molecule has 0 bridgehead atoms. The third-order valence-corrected chi connectivity index (χ3v) is 6.23. The van der Waals surface area contributed by atoms with Gasteiger partial charge in [0.15, 0.2) is 0 Å². The number of carbonyl (C=O) groups is 1. The second kappa shape index (κ2) is 10.4. The maximum atomic E-state index is 14.2. The fourth-order valence-corrected chi connectivity index (χ4v) is 4.36. The van der Waals surface area contributed by atoms with Crippen LogP contribution in [0.5, 0.6) is 5.75 Å². The molecule has 0 atom stereocenters. The number of halogens is 1. The highest BCUT2D eigenvalue weighted by molar-refractivity contribution is 5.87. The topological polar surface area (TPSA) is 87.3 Å². The first-order chi connectivity index (χ1) is 18.0. The lowest BCUT2D eigenvalue weighted by molar-refractivity contribution is -0.127. The van der Waals surface area contributed by atoms with E-state index in [1.807, 2.05) is 30.1 Å². The second-order valence-corrected chi connectivity index (χ2v) is 8.71. The van der Waals surface area contributed by atoms with Gasteiger partial charge in [0.25, 0.3) is 0 Å². The molecule has 1 aliphatic rings. The van der Waals surface area contributed by atoms with Gasteiger partial charge in [-0.3, -0.25) is 19.1 Å². The SMILES string of the molecule is C=CC(=O)N1CCn2nc(-c3cc(-c4cnn(C)c4)cnc3-c3ccc(F)cc3OCCOC)cc2C1. The molecule has 4 heterocycles. The van der Waals surface area contributed by atoms with E-state index >= 15 is 0 Å². The highest BCUT2D eigenvalue weighted by atomic mass is 19.1. The first-order valence-corrected chi connectivity index (χ1v) is 11.9. The number of amides is 1. The molecule has 1 aliphatic heterocycles. The molecule has 37 heavy (non-hydrogen) atoms. The summed E-state index contributed by atoms with van der Waals surface area (Å²) < 4.78 is 28.8. The number of fused-ring (bicyclic) bond motifs is 1. The van der Waals surface area contributed by atoms with E-state index in [0.717, 1.165) is 22.4 Å². The van der Waals surface area contributed by atoms with Crippen molar-refractivity contribution in [1.82, 2.24) is 29.4 Å². The van der Waals surface area contributed by atoms with Gasteiger partial charge in [0.2, 0.25) is 5.91 Å². The molecule has 1 aromatic carbocycles. The number of nitrogens with zero attached hydrogens (tertiary/aromatic N) is 6. The van der Waals surface area contributed by atoms with E-state index in [4.69, 9.17) is 19.6 Å². The Labute approximate surface area is 213 Å². The molecule has 10 heteroatoms. The standard InChI is InChI=1S/C27H27FN6O3/c1-4-26(35)33-7-8-34-21(17-33)13-24(31-34)23-11-18(19-15-30-32(2)16-19)14-29-27(23)22-6-5-20(28)12-25(22)37-10-9-36-3/h4-6,11-16H,1,7-10,17H2,2-3H3. The van der Waals surface area contributed by atoms with Crippen molar-refractivity contribution < 1.29 is 18.7 Å². The third kappa shape index (κ3) is 5.01. The zero-order valence-corrected chi connectivity index (χ0v) is 20.7. The van der Waals surface area contributed by atoms with Crippen LogP contribution in [0.25, 0.3) is 33.6 Å². The molecule has 1 amide bonds. The predicted molar refractivity (Wildman–Crippen MR) is 136 cm³/mol. The first kappa shape index (κ1) is 24.4. The minimum Gasteiger partial charge on any atom is -0.490 e. The van der Waals surface area contributed by atoms with Crippen LogP contribution in [0.4, 0.5) is 4.39 Å². The van der Waals surface area contributed by atoms with Gasteiger partial charge in [-0.15, -0.1) is 0 Å². The average molecular weight is 503 g/mol. The number of benzene rings is 1. The molecule has 3 aromatic heterocycles. The first-order valence-electron chi connectivity index (χ1n) is 11.9. The van der Waals surface area contributed by atoms with Crippen molar-refractivity contribution in [3.8, 4) is 39.4 Å². The minimum atomic E-state index is -0.408. The van der Waals surface area contributed by atoms with Crippen molar-refractivity contribution in [1.29, 1.82) is 0 Å². The molecule has 0 saturated carbocycles. The Morgan fingerprint density at radius 1 is 1.14 bits per heavy atom. The van der Waals surface area contributed by atoms with Gasteiger partial charge >= 0.3 is 0 Å². The lowest BCUT2D eigenvalue weighted by atomic mass is 9.99. The van der Waals surface area contributed by atoms with E-state index in [0.29, 0.717) is 48.9 Å². The summed E-state index contributed by atoms with van der Waals surface area (Å²) >= 11 is 0. The number of pyridine rings is 1. The number of rotatable bonds is 8. The van der Waals surface area contributed by atoms with Crippen molar-refractivity contribution >= 4 is 5.91 Å². The van der Waals surface area contributed by atoms with Crippen LogP contribution in [0.15, 0.2) is 61.6 Å². The van der Waals surface area contributed by atoms with Crippen molar-refractivity contribution in [3.05, 3.63) is 73.1 Å². The Bertz CT molecular complexity index is 1460. The predicted octanol–water partition coefficient (Wildman–Crippen LogP) is 3.71. The molecule has 190 valence electrons. The van der Waals surface area contributed by atoms with Gasteiger partial charge in [-0.05, 0) is 30.3 Å². The summed E-state index contributed by atoms with van der Waals surface area (Å²) in [5, 5.41) is 9.12. The summed E-state index contributed by atoms with van der Waals surface area (Å²) in [5.74, 6) is -0.153. The van der Waals surface area contributed by atoms with Gasteiger partial charge < -0.3 is 14.4 Å². The molecule has 0 radical (unpaired) electrons. The van der Waals surface area contributed by atoms with E-state index in [1.54, 1.807) is 35.2 Å². The summed E-state index contributed by atoms with van der Waals surface area (Å²) in [6, 6.07) is 8.36. The van der Waals surface area contributed by atoms with Gasteiger partial charge in [0.05, 0.1) is 43.0 Å². The van der Waals surface area contributed by atoms with Gasteiger partial charge in [0.1, 0.15) is 18.2 Å². The number of hydrogen-bond acceptors (Lipinski definition) is 6. The number of hydrogen-bond donors (Lipinski definition) is 0. The lowest BCUT2D eigenvalue weighted by Gasteiger charge is -2.26. The van der Waals surface area contributed by atoms with Crippen molar-refractivity contribution in [2.75, 3.05) is 26.9 Å². The summed E-state index contributed by atoms with van der Waals surface area (Å²) in [7, 11) is 3.44. The van der Waals surface area contributed by atoms with E-state index in [2.05, 4.69) is 11.7 Å². The number of methoxy groups -OCH3 is 1. The van der Waals surface area contributed by atoms with Crippen LogP contribution in [0.1, 0.15) is 5.69 Å². The van der Waals surface area contributed by atoms with Crippen LogP contribution in [-0.2, 0) is 29.7 Å². The van der Waals surface area contributed by atoms with E-state index < -0.39 is 5.82 Å².